The van der Waals surface area contributed by atoms with Gasteiger partial charge < -0.3 is 20.1 Å². The normalized spacial score (nSPS) is 17.5. The third-order valence-corrected chi connectivity index (χ3v) is 3.51. The van der Waals surface area contributed by atoms with E-state index < -0.39 is 0 Å². The van der Waals surface area contributed by atoms with Gasteiger partial charge in [0.25, 0.3) is 0 Å². The van der Waals surface area contributed by atoms with Crippen LogP contribution in [-0.2, 0) is 9.53 Å². The first-order valence-corrected chi connectivity index (χ1v) is 7.75. The zero-order chi connectivity index (χ0) is 15.9. The summed E-state index contributed by atoms with van der Waals surface area (Å²) < 4.78 is 11.3. The molecule has 0 spiro atoms. The van der Waals surface area contributed by atoms with Crippen molar-refractivity contribution in [3.05, 3.63) is 54.6 Å². The number of morpholine rings is 1. The fourth-order valence-corrected chi connectivity index (χ4v) is 2.43. The summed E-state index contributed by atoms with van der Waals surface area (Å²) in [6.07, 6.45) is 0.282. The van der Waals surface area contributed by atoms with Crippen molar-refractivity contribution in [1.82, 2.24) is 5.32 Å². The van der Waals surface area contributed by atoms with Crippen LogP contribution in [0, 0.1) is 0 Å². The van der Waals surface area contributed by atoms with Gasteiger partial charge in [0, 0.05) is 24.8 Å². The summed E-state index contributed by atoms with van der Waals surface area (Å²) in [4.78, 5) is 12.1. The number of amides is 1. The highest BCUT2D eigenvalue weighted by atomic mass is 16.5. The second-order valence-corrected chi connectivity index (χ2v) is 5.39. The Labute approximate surface area is 135 Å². The quantitative estimate of drug-likeness (QED) is 0.891. The van der Waals surface area contributed by atoms with Gasteiger partial charge in [-0.1, -0.05) is 24.3 Å². The molecule has 2 aromatic rings. The number of anilines is 1. The van der Waals surface area contributed by atoms with Crippen LogP contribution < -0.4 is 15.4 Å². The van der Waals surface area contributed by atoms with Crippen molar-refractivity contribution in [3.63, 3.8) is 0 Å². The van der Waals surface area contributed by atoms with Gasteiger partial charge in [0.2, 0.25) is 5.91 Å². The fourth-order valence-electron chi connectivity index (χ4n) is 2.43. The molecule has 0 bridgehead atoms. The van der Waals surface area contributed by atoms with E-state index in [1.807, 2.05) is 54.6 Å². The Balaban J connectivity index is 1.57. The minimum absolute atomic E-state index is 0.0597. The minimum atomic E-state index is -0.0625. The van der Waals surface area contributed by atoms with Crippen LogP contribution in [0.25, 0.3) is 0 Å². The Morgan fingerprint density at radius 1 is 1.17 bits per heavy atom. The molecule has 1 aliphatic heterocycles. The molecule has 1 atom stereocenters. The second kappa shape index (κ2) is 7.76. The van der Waals surface area contributed by atoms with Gasteiger partial charge in [0.1, 0.15) is 11.5 Å². The van der Waals surface area contributed by atoms with Gasteiger partial charge >= 0.3 is 0 Å². The lowest BCUT2D eigenvalue weighted by molar-refractivity contribution is -0.119. The van der Waals surface area contributed by atoms with E-state index >= 15 is 0 Å². The third-order valence-electron chi connectivity index (χ3n) is 3.51. The highest BCUT2D eigenvalue weighted by Crippen LogP contribution is 2.24. The number of carbonyl (C=O) groups is 1. The Hall–Kier alpha value is -2.37. The molecular formula is C18H20N2O3. The lowest BCUT2D eigenvalue weighted by Crippen LogP contribution is -2.40. The first-order chi connectivity index (χ1) is 11.3. The Bertz CT molecular complexity index is 640. The zero-order valence-electron chi connectivity index (χ0n) is 12.8. The molecule has 0 aromatic heterocycles. The van der Waals surface area contributed by atoms with Crippen molar-refractivity contribution in [1.29, 1.82) is 0 Å². The zero-order valence-corrected chi connectivity index (χ0v) is 12.8. The molecule has 2 aromatic carbocycles. The first kappa shape index (κ1) is 15.5. The number of benzene rings is 2. The molecule has 1 aliphatic rings. The highest BCUT2D eigenvalue weighted by molar-refractivity contribution is 5.91. The van der Waals surface area contributed by atoms with E-state index in [4.69, 9.17) is 9.47 Å². The summed E-state index contributed by atoms with van der Waals surface area (Å²) in [6.45, 7) is 2.21. The molecule has 0 radical (unpaired) electrons. The van der Waals surface area contributed by atoms with Crippen LogP contribution in [0.4, 0.5) is 5.69 Å². The van der Waals surface area contributed by atoms with Gasteiger partial charge in [0.15, 0.2) is 0 Å². The Kier molecular flexibility index (Phi) is 5.24. The van der Waals surface area contributed by atoms with Crippen LogP contribution in [0.1, 0.15) is 6.42 Å². The van der Waals surface area contributed by atoms with Gasteiger partial charge in [-0.05, 0) is 24.3 Å². The minimum Gasteiger partial charge on any atom is -0.457 e. The molecular weight excluding hydrogens is 292 g/mol. The Morgan fingerprint density at radius 3 is 2.78 bits per heavy atom. The van der Waals surface area contributed by atoms with Crippen LogP contribution >= 0.6 is 0 Å². The lowest BCUT2D eigenvalue weighted by atomic mass is 10.2. The predicted octanol–water partition coefficient (Wildman–Crippen LogP) is 2.80. The van der Waals surface area contributed by atoms with E-state index in [1.165, 1.54) is 0 Å². The molecule has 23 heavy (non-hydrogen) atoms. The van der Waals surface area contributed by atoms with Gasteiger partial charge in [0.05, 0.1) is 19.1 Å². The van der Waals surface area contributed by atoms with Gasteiger partial charge in [-0.3, -0.25) is 4.79 Å². The topological polar surface area (TPSA) is 59.6 Å². The Morgan fingerprint density at radius 2 is 2.00 bits per heavy atom. The third kappa shape index (κ3) is 4.81. The van der Waals surface area contributed by atoms with Crippen LogP contribution in [0.3, 0.4) is 0 Å². The fraction of sp³-hybridized carbons (Fsp3) is 0.278. The molecule has 1 amide bonds. The molecule has 5 heteroatoms. The second-order valence-electron chi connectivity index (χ2n) is 5.39. The lowest BCUT2D eigenvalue weighted by Gasteiger charge is -2.23. The van der Waals surface area contributed by atoms with Gasteiger partial charge in [-0.2, -0.15) is 0 Å². The van der Waals surface area contributed by atoms with Crippen LogP contribution in [0.15, 0.2) is 54.6 Å². The maximum atomic E-state index is 12.1. The van der Waals surface area contributed by atoms with E-state index in [0.29, 0.717) is 31.0 Å². The van der Waals surface area contributed by atoms with Crippen molar-refractivity contribution < 1.29 is 14.3 Å². The number of ether oxygens (including phenoxy) is 2. The largest absolute Gasteiger partial charge is 0.457 e. The number of rotatable bonds is 5. The standard InChI is InChI=1S/C18H20N2O3/c21-18(12-17-13-19-9-10-22-17)20-14-5-4-8-16(11-14)23-15-6-2-1-3-7-15/h1-8,11,17,19H,9-10,12-13H2,(H,20,21)/t17-/m0/s1. The summed E-state index contributed by atoms with van der Waals surface area (Å²) in [7, 11) is 0. The van der Waals surface area contributed by atoms with Gasteiger partial charge in [-0.15, -0.1) is 0 Å². The SMILES string of the molecule is O=C(C[C@H]1CNCCO1)Nc1cccc(Oc2ccccc2)c1. The number of hydrogen-bond donors (Lipinski definition) is 2. The van der Waals surface area contributed by atoms with Crippen molar-refractivity contribution in [3.8, 4) is 11.5 Å². The summed E-state index contributed by atoms with van der Waals surface area (Å²) in [6, 6.07) is 16.9. The average molecular weight is 312 g/mol. The maximum Gasteiger partial charge on any atom is 0.227 e. The van der Waals surface area contributed by atoms with E-state index in [1.54, 1.807) is 0 Å². The van der Waals surface area contributed by atoms with E-state index in [-0.39, 0.29) is 12.0 Å². The molecule has 0 unspecified atom stereocenters. The summed E-state index contributed by atoms with van der Waals surface area (Å²) in [5, 5.41) is 6.10. The van der Waals surface area contributed by atoms with E-state index in [9.17, 15) is 4.79 Å². The van der Waals surface area contributed by atoms with Crippen molar-refractivity contribution in [2.45, 2.75) is 12.5 Å². The molecule has 1 fully saturated rings. The van der Waals surface area contributed by atoms with Crippen LogP contribution in [0.5, 0.6) is 11.5 Å². The maximum absolute atomic E-state index is 12.1. The van der Waals surface area contributed by atoms with Crippen molar-refractivity contribution in [2.75, 3.05) is 25.0 Å². The van der Waals surface area contributed by atoms with Crippen molar-refractivity contribution >= 4 is 11.6 Å². The summed E-state index contributed by atoms with van der Waals surface area (Å²) >= 11 is 0. The monoisotopic (exact) mass is 312 g/mol. The molecule has 1 heterocycles. The molecule has 0 aliphatic carbocycles. The predicted molar refractivity (Wildman–Crippen MR) is 88.8 cm³/mol. The molecule has 3 rings (SSSR count). The smallest absolute Gasteiger partial charge is 0.227 e. The van der Waals surface area contributed by atoms with E-state index in [0.717, 1.165) is 12.3 Å². The average Bonchev–Trinajstić information content (AvgIpc) is 2.57. The molecule has 1 saturated heterocycles. The van der Waals surface area contributed by atoms with Crippen LogP contribution in [-0.4, -0.2) is 31.7 Å². The molecule has 5 nitrogen and oxygen atoms in total. The number of para-hydroxylation sites is 1. The number of hydrogen-bond acceptors (Lipinski definition) is 4. The molecule has 2 N–H and O–H groups in total. The van der Waals surface area contributed by atoms with Crippen molar-refractivity contribution in [2.24, 2.45) is 0 Å². The van der Waals surface area contributed by atoms with E-state index in [2.05, 4.69) is 10.6 Å². The number of carbonyl (C=O) groups excluding carboxylic acids is 1. The van der Waals surface area contributed by atoms with Gasteiger partial charge in [-0.25, -0.2) is 0 Å². The number of nitrogens with one attached hydrogen (secondary N) is 2. The first-order valence-electron chi connectivity index (χ1n) is 7.75. The molecule has 120 valence electrons. The summed E-state index contributed by atoms with van der Waals surface area (Å²) in [5.74, 6) is 1.39. The molecule has 0 saturated carbocycles. The highest BCUT2D eigenvalue weighted by Gasteiger charge is 2.17. The van der Waals surface area contributed by atoms with Crippen LogP contribution in [0.2, 0.25) is 0 Å². The summed E-state index contributed by atoms with van der Waals surface area (Å²) in [5.41, 5.74) is 0.715.